The van der Waals surface area contributed by atoms with E-state index in [0.29, 0.717) is 11.7 Å². The van der Waals surface area contributed by atoms with Gasteiger partial charge in [0.2, 0.25) is 10.0 Å². The second-order valence-corrected chi connectivity index (χ2v) is 9.04. The Bertz CT molecular complexity index is 885. The van der Waals surface area contributed by atoms with Crippen molar-refractivity contribution < 1.29 is 18.0 Å². The zero-order valence-electron chi connectivity index (χ0n) is 14.2. The summed E-state index contributed by atoms with van der Waals surface area (Å²) in [7, 11) is -3.73. The van der Waals surface area contributed by atoms with Gasteiger partial charge in [0.25, 0.3) is 5.89 Å². The number of β-amino-alcohol motifs (C(OH)–C–C–N with tert-alkyl or cyclic N) is 1. The summed E-state index contributed by atoms with van der Waals surface area (Å²) in [5, 5.41) is 18.8. The lowest BCUT2D eigenvalue weighted by Crippen LogP contribution is -2.34. The van der Waals surface area contributed by atoms with E-state index in [9.17, 15) is 13.5 Å². The second kappa shape index (κ2) is 5.61. The molecular weight excluding hydrogens is 346 g/mol. The van der Waals surface area contributed by atoms with Gasteiger partial charge in [0.05, 0.1) is 12.7 Å². The van der Waals surface area contributed by atoms with Crippen molar-refractivity contribution in [2.75, 3.05) is 13.1 Å². The van der Waals surface area contributed by atoms with Crippen molar-refractivity contribution in [2.24, 2.45) is 0 Å². The smallest absolute Gasteiger partial charge is 0.260 e. The first-order valence-electron chi connectivity index (χ1n) is 8.40. The average Bonchev–Trinajstić information content (AvgIpc) is 3.01. The molecule has 9 nitrogen and oxygen atoms in total. The van der Waals surface area contributed by atoms with Gasteiger partial charge in [0, 0.05) is 31.1 Å². The normalized spacial score (nSPS) is 25.1. The maximum atomic E-state index is 12.8. The molecule has 1 atom stereocenters. The SMILES string of the molecule is CC(C)n1cc(S(=O)(=O)N2CCC(O)(c3nc(C4CC4)no3)C2)cn1. The third-order valence-electron chi connectivity index (χ3n) is 4.74. The van der Waals surface area contributed by atoms with Crippen LogP contribution in [0.25, 0.3) is 0 Å². The minimum atomic E-state index is -3.73. The molecule has 2 aromatic heterocycles. The van der Waals surface area contributed by atoms with Gasteiger partial charge in [-0.05, 0) is 26.7 Å². The second-order valence-electron chi connectivity index (χ2n) is 7.10. The molecular formula is C15H21N5O4S. The molecule has 25 heavy (non-hydrogen) atoms. The maximum absolute atomic E-state index is 12.8. The summed E-state index contributed by atoms with van der Waals surface area (Å²) in [4.78, 5) is 4.40. The zero-order chi connectivity index (χ0) is 17.8. The van der Waals surface area contributed by atoms with Crippen LogP contribution in [0.4, 0.5) is 0 Å². The highest BCUT2D eigenvalue weighted by Crippen LogP contribution is 2.40. The summed E-state index contributed by atoms with van der Waals surface area (Å²) in [6, 6.07) is 0.0682. The number of sulfonamides is 1. The van der Waals surface area contributed by atoms with E-state index in [1.807, 2.05) is 13.8 Å². The lowest BCUT2D eigenvalue weighted by atomic mass is 10.0. The minimum absolute atomic E-state index is 0.0682. The van der Waals surface area contributed by atoms with Crippen molar-refractivity contribution in [3.63, 3.8) is 0 Å². The molecule has 0 amide bonds. The summed E-state index contributed by atoms with van der Waals surface area (Å²) < 4.78 is 33.7. The van der Waals surface area contributed by atoms with Gasteiger partial charge >= 0.3 is 0 Å². The standard InChI is InChI=1S/C15H21N5O4S/c1-10(2)20-8-12(7-16-20)25(22,23)19-6-5-15(21,9-19)14-17-13(18-24-14)11-3-4-11/h7-8,10-11,21H,3-6,9H2,1-2H3. The Morgan fingerprint density at radius 3 is 2.80 bits per heavy atom. The molecule has 1 unspecified atom stereocenters. The van der Waals surface area contributed by atoms with E-state index in [1.54, 1.807) is 4.68 Å². The van der Waals surface area contributed by atoms with Gasteiger partial charge in [0.1, 0.15) is 4.90 Å². The van der Waals surface area contributed by atoms with Crippen LogP contribution in [-0.2, 0) is 15.6 Å². The highest BCUT2D eigenvalue weighted by molar-refractivity contribution is 7.89. The molecule has 136 valence electrons. The Hall–Kier alpha value is -1.78. The molecule has 2 fully saturated rings. The Morgan fingerprint density at radius 1 is 1.40 bits per heavy atom. The van der Waals surface area contributed by atoms with Gasteiger partial charge < -0.3 is 9.63 Å². The highest BCUT2D eigenvalue weighted by Gasteiger charge is 2.47. The van der Waals surface area contributed by atoms with Crippen LogP contribution in [0.3, 0.4) is 0 Å². The van der Waals surface area contributed by atoms with E-state index in [-0.39, 0.29) is 36.3 Å². The molecule has 4 rings (SSSR count). The van der Waals surface area contributed by atoms with E-state index >= 15 is 0 Å². The van der Waals surface area contributed by atoms with Crippen molar-refractivity contribution >= 4 is 10.0 Å². The Kier molecular flexibility index (Phi) is 3.74. The third-order valence-corrected chi connectivity index (χ3v) is 6.54. The van der Waals surface area contributed by atoms with Crippen molar-refractivity contribution in [3.8, 4) is 0 Å². The van der Waals surface area contributed by atoms with Gasteiger partial charge in [-0.25, -0.2) is 8.42 Å². The summed E-state index contributed by atoms with van der Waals surface area (Å²) in [5.41, 5.74) is -1.44. The molecule has 10 heteroatoms. The van der Waals surface area contributed by atoms with E-state index in [2.05, 4.69) is 15.2 Å². The van der Waals surface area contributed by atoms with Crippen LogP contribution in [-0.4, -0.2) is 50.8 Å². The first-order valence-corrected chi connectivity index (χ1v) is 9.84. The fourth-order valence-corrected chi connectivity index (χ4v) is 4.39. The summed E-state index contributed by atoms with van der Waals surface area (Å²) in [6.45, 7) is 3.93. The van der Waals surface area contributed by atoms with Gasteiger partial charge in [0.15, 0.2) is 11.4 Å². The maximum Gasteiger partial charge on any atom is 0.260 e. The molecule has 1 saturated heterocycles. The Morgan fingerprint density at radius 2 is 2.16 bits per heavy atom. The molecule has 0 radical (unpaired) electrons. The first kappa shape index (κ1) is 16.7. The van der Waals surface area contributed by atoms with Gasteiger partial charge in [-0.2, -0.15) is 14.4 Å². The molecule has 1 saturated carbocycles. The van der Waals surface area contributed by atoms with E-state index < -0.39 is 15.6 Å². The van der Waals surface area contributed by atoms with Crippen molar-refractivity contribution in [1.29, 1.82) is 0 Å². The van der Waals surface area contributed by atoms with Crippen LogP contribution in [0.15, 0.2) is 21.8 Å². The van der Waals surface area contributed by atoms with Crippen LogP contribution in [0.5, 0.6) is 0 Å². The predicted molar refractivity (Wildman–Crippen MR) is 86.2 cm³/mol. The van der Waals surface area contributed by atoms with Crippen LogP contribution in [0, 0.1) is 0 Å². The molecule has 0 spiro atoms. The monoisotopic (exact) mass is 367 g/mol. The third kappa shape index (κ3) is 2.87. The topological polar surface area (TPSA) is 114 Å². The van der Waals surface area contributed by atoms with Gasteiger partial charge in [-0.1, -0.05) is 5.16 Å². The van der Waals surface area contributed by atoms with Crippen LogP contribution in [0.2, 0.25) is 0 Å². The van der Waals surface area contributed by atoms with E-state index in [0.717, 1.165) is 12.8 Å². The quantitative estimate of drug-likeness (QED) is 0.838. The number of rotatable bonds is 5. The van der Waals surface area contributed by atoms with Crippen LogP contribution < -0.4 is 0 Å². The average molecular weight is 367 g/mol. The zero-order valence-corrected chi connectivity index (χ0v) is 15.0. The largest absolute Gasteiger partial charge is 0.379 e. The van der Waals surface area contributed by atoms with E-state index in [4.69, 9.17) is 4.52 Å². The number of aromatic nitrogens is 4. The molecule has 3 heterocycles. The lowest BCUT2D eigenvalue weighted by molar-refractivity contribution is 0.0194. The number of aliphatic hydroxyl groups is 1. The fourth-order valence-electron chi connectivity index (χ4n) is 2.96. The number of nitrogens with zero attached hydrogens (tertiary/aromatic N) is 5. The van der Waals surface area contributed by atoms with Crippen molar-refractivity contribution in [1.82, 2.24) is 24.2 Å². The molecule has 1 N–H and O–H groups in total. The molecule has 1 aliphatic heterocycles. The van der Waals surface area contributed by atoms with Crippen LogP contribution in [0.1, 0.15) is 56.8 Å². The molecule has 2 aliphatic rings. The molecule has 0 bridgehead atoms. The highest BCUT2D eigenvalue weighted by atomic mass is 32.2. The number of hydrogen-bond acceptors (Lipinski definition) is 7. The van der Waals surface area contributed by atoms with Gasteiger partial charge in [-0.3, -0.25) is 4.68 Å². The first-order chi connectivity index (χ1) is 11.8. The van der Waals surface area contributed by atoms with Crippen molar-refractivity contribution in [3.05, 3.63) is 24.1 Å². The minimum Gasteiger partial charge on any atom is -0.379 e. The Labute approximate surface area is 145 Å². The summed E-state index contributed by atoms with van der Waals surface area (Å²) in [6.07, 6.45) is 5.12. The molecule has 2 aromatic rings. The lowest BCUT2D eigenvalue weighted by Gasteiger charge is -2.19. The Balaban J connectivity index is 1.55. The van der Waals surface area contributed by atoms with Crippen LogP contribution >= 0.6 is 0 Å². The fraction of sp³-hybridized carbons (Fsp3) is 0.667. The van der Waals surface area contributed by atoms with Gasteiger partial charge in [-0.15, -0.1) is 0 Å². The molecule has 1 aliphatic carbocycles. The summed E-state index contributed by atoms with van der Waals surface area (Å²) >= 11 is 0. The summed E-state index contributed by atoms with van der Waals surface area (Å²) in [5.74, 6) is 1.01. The number of hydrogen-bond donors (Lipinski definition) is 1. The molecule has 0 aromatic carbocycles. The van der Waals surface area contributed by atoms with Crippen molar-refractivity contribution in [2.45, 2.75) is 55.6 Å². The van der Waals surface area contributed by atoms with E-state index in [1.165, 1.54) is 16.7 Å². The predicted octanol–water partition coefficient (Wildman–Crippen LogP) is 1.01.